The first-order valence-electron chi connectivity index (χ1n) is 17.4. The van der Waals surface area contributed by atoms with Crippen LogP contribution < -0.4 is 0 Å². The number of rotatable bonds is 2. The number of benzene rings is 2. The van der Waals surface area contributed by atoms with Gasteiger partial charge in [-0.2, -0.15) is 0 Å². The Morgan fingerprint density at radius 2 is 1.58 bits per heavy atom. The Hall–Kier alpha value is -4.03. The minimum absolute atomic E-state index is 0.0374. The smallest absolute Gasteiger partial charge is 0.127 e. The van der Waals surface area contributed by atoms with Gasteiger partial charge in [-0.15, -0.1) is 0 Å². The van der Waals surface area contributed by atoms with Crippen molar-refractivity contribution < 1.29 is 30.3 Å². The number of hydrogen-bond donors (Lipinski definition) is 5. The maximum Gasteiger partial charge on any atom is 0.127 e. The van der Waals surface area contributed by atoms with Crippen molar-refractivity contribution in [3.05, 3.63) is 105 Å². The molecule has 4 aliphatic carbocycles. The Kier molecular flexibility index (Phi) is 10.7. The Morgan fingerprint density at radius 1 is 0.833 bits per heavy atom. The van der Waals surface area contributed by atoms with Gasteiger partial charge in [0.05, 0.1) is 0 Å². The number of phenols is 4. The Bertz CT molecular complexity index is 1690. The van der Waals surface area contributed by atoms with E-state index in [1.54, 1.807) is 18.2 Å². The number of fused-ring (bicyclic) bond motifs is 10. The summed E-state index contributed by atoms with van der Waals surface area (Å²) in [5.41, 5.74) is 6.74. The molecule has 48 heavy (non-hydrogen) atoms. The van der Waals surface area contributed by atoms with Crippen molar-refractivity contribution in [3.63, 3.8) is 0 Å². The number of phenolic OH excluding ortho intramolecular Hbond substituents is 4. The third kappa shape index (κ3) is 7.49. The van der Waals surface area contributed by atoms with Gasteiger partial charge in [0.2, 0.25) is 0 Å². The standard InChI is InChI=1S/C42H52O6/c1-25(2)35-12-11-26(3)9-7-13-42(24-43)32-15-28(5)16-39(46)37-23-38(45)30(21-40(37)47)14-27(4)8-6-10-29(17-32)18-33(42)19-31-20-34(44)22-36(35)41(31)48/h8-9,16-17,20-24,32-33,35,39,44-48H,1,6-7,10-15,18-19H2,2-5H3/b26-9+,27-8?,28-16-. The van der Waals surface area contributed by atoms with E-state index in [1.807, 2.05) is 20.8 Å². The first-order chi connectivity index (χ1) is 22.8. The Morgan fingerprint density at radius 3 is 2.31 bits per heavy atom. The largest absolute Gasteiger partial charge is 0.508 e. The third-order valence-corrected chi connectivity index (χ3v) is 11.1. The van der Waals surface area contributed by atoms with Crippen molar-refractivity contribution in [2.75, 3.05) is 0 Å². The lowest BCUT2D eigenvalue weighted by molar-refractivity contribution is -0.123. The van der Waals surface area contributed by atoms with Gasteiger partial charge in [-0.1, -0.05) is 58.7 Å². The molecule has 0 spiro atoms. The van der Waals surface area contributed by atoms with Crippen LogP contribution in [0, 0.1) is 17.3 Å². The van der Waals surface area contributed by atoms with E-state index in [0.717, 1.165) is 55.1 Å². The lowest BCUT2D eigenvalue weighted by atomic mass is 9.56. The number of aromatic hydroxyl groups is 4. The molecule has 6 heteroatoms. The molecule has 0 saturated carbocycles. The maximum absolute atomic E-state index is 13.6. The monoisotopic (exact) mass is 652 g/mol. The SMILES string of the molecule is C=C(C)C1CC/C(C)=C/CCC2(C=O)C3C=C(CCC=C(C)Cc4cc(O)c(cc4O)C(O)/C=C(/C)C3)CC2Cc2cc(O)cc1c2O. The predicted molar refractivity (Wildman–Crippen MR) is 191 cm³/mol. The third-order valence-electron chi connectivity index (χ3n) is 11.1. The zero-order valence-electron chi connectivity index (χ0n) is 28.9. The summed E-state index contributed by atoms with van der Waals surface area (Å²) < 4.78 is 0. The lowest BCUT2D eigenvalue weighted by Gasteiger charge is -2.46. The molecule has 5 atom stereocenters. The van der Waals surface area contributed by atoms with Crippen molar-refractivity contribution in [1.29, 1.82) is 0 Å². The fourth-order valence-corrected chi connectivity index (χ4v) is 8.41. The second-order valence-corrected chi connectivity index (χ2v) is 14.8. The number of carbonyl (C=O) groups is 1. The van der Waals surface area contributed by atoms with E-state index >= 15 is 0 Å². The number of allylic oxidation sites excluding steroid dienone is 8. The summed E-state index contributed by atoms with van der Waals surface area (Å²) >= 11 is 0. The quantitative estimate of drug-likeness (QED) is 0.125. The van der Waals surface area contributed by atoms with E-state index in [-0.39, 0.29) is 46.3 Å². The van der Waals surface area contributed by atoms with Crippen LogP contribution in [0.2, 0.25) is 0 Å². The van der Waals surface area contributed by atoms with Gasteiger partial charge in [-0.05, 0) is 134 Å². The molecular formula is C42H52O6. The molecule has 4 aliphatic rings. The number of hydrogen-bond acceptors (Lipinski definition) is 6. The van der Waals surface area contributed by atoms with Crippen LogP contribution in [-0.2, 0) is 17.6 Å². The summed E-state index contributed by atoms with van der Waals surface area (Å²) in [5.74, 6) is -0.166. The van der Waals surface area contributed by atoms with E-state index in [9.17, 15) is 30.3 Å². The normalized spacial score (nSPS) is 29.3. The highest BCUT2D eigenvalue weighted by atomic mass is 16.3. The molecule has 6 rings (SSSR count). The number of aliphatic hydroxyl groups excluding tert-OH is 1. The maximum atomic E-state index is 13.6. The van der Waals surface area contributed by atoms with Crippen molar-refractivity contribution in [2.45, 2.75) is 104 Å². The first kappa shape index (κ1) is 35.3. The first-order valence-corrected chi connectivity index (χ1v) is 17.4. The van der Waals surface area contributed by atoms with Gasteiger partial charge in [0, 0.05) is 28.0 Å². The average Bonchev–Trinajstić information content (AvgIpc) is 3.01. The van der Waals surface area contributed by atoms with Crippen LogP contribution in [0.25, 0.3) is 0 Å². The fourth-order valence-electron chi connectivity index (χ4n) is 8.41. The Balaban J connectivity index is 1.64. The molecule has 0 aromatic heterocycles. The second kappa shape index (κ2) is 14.6. The van der Waals surface area contributed by atoms with Crippen LogP contribution in [0.1, 0.15) is 113 Å². The van der Waals surface area contributed by atoms with Gasteiger partial charge in [0.25, 0.3) is 0 Å². The van der Waals surface area contributed by atoms with Crippen LogP contribution in [0.3, 0.4) is 0 Å². The summed E-state index contributed by atoms with van der Waals surface area (Å²) in [7, 11) is 0. The molecule has 5 N–H and O–H groups in total. The van der Waals surface area contributed by atoms with E-state index in [1.165, 1.54) is 23.3 Å². The number of carbonyl (C=O) groups excluding carboxylic acids is 1. The van der Waals surface area contributed by atoms with Crippen molar-refractivity contribution >= 4 is 6.29 Å². The van der Waals surface area contributed by atoms with Crippen LogP contribution in [0.15, 0.2) is 83.0 Å². The highest BCUT2D eigenvalue weighted by Crippen LogP contribution is 2.52. The van der Waals surface area contributed by atoms with Gasteiger partial charge < -0.3 is 30.3 Å². The van der Waals surface area contributed by atoms with Gasteiger partial charge in [-0.3, -0.25) is 0 Å². The zero-order valence-corrected chi connectivity index (χ0v) is 28.9. The summed E-state index contributed by atoms with van der Waals surface area (Å²) in [6.07, 6.45) is 15.1. The molecular weight excluding hydrogens is 600 g/mol. The molecule has 256 valence electrons. The highest BCUT2D eigenvalue weighted by Gasteiger charge is 2.47. The van der Waals surface area contributed by atoms with Gasteiger partial charge in [0.15, 0.2) is 0 Å². The minimum Gasteiger partial charge on any atom is -0.508 e. The molecule has 0 heterocycles. The Labute approximate surface area is 285 Å². The predicted octanol–water partition coefficient (Wildman–Crippen LogP) is 9.33. The molecule has 6 nitrogen and oxygen atoms in total. The van der Waals surface area contributed by atoms with Crippen LogP contribution in [-0.4, -0.2) is 31.8 Å². The van der Waals surface area contributed by atoms with E-state index in [0.29, 0.717) is 48.8 Å². The van der Waals surface area contributed by atoms with Gasteiger partial charge in [0.1, 0.15) is 35.4 Å². The van der Waals surface area contributed by atoms with E-state index in [4.69, 9.17) is 0 Å². The zero-order chi connectivity index (χ0) is 34.7. The number of aliphatic hydroxyl groups is 1. The van der Waals surface area contributed by atoms with E-state index in [2.05, 4.69) is 31.7 Å². The van der Waals surface area contributed by atoms with Gasteiger partial charge in [-0.25, -0.2) is 0 Å². The summed E-state index contributed by atoms with van der Waals surface area (Å²) in [6.45, 7) is 12.3. The van der Waals surface area contributed by atoms with Crippen LogP contribution in [0.4, 0.5) is 0 Å². The van der Waals surface area contributed by atoms with Crippen LogP contribution >= 0.6 is 0 Å². The molecule has 0 fully saturated rings. The lowest BCUT2D eigenvalue weighted by Crippen LogP contribution is -2.43. The van der Waals surface area contributed by atoms with Gasteiger partial charge >= 0.3 is 0 Å². The molecule has 6 bridgehead atoms. The molecule has 2 aromatic carbocycles. The molecule has 0 aliphatic heterocycles. The second-order valence-electron chi connectivity index (χ2n) is 14.8. The highest BCUT2D eigenvalue weighted by molar-refractivity contribution is 5.63. The van der Waals surface area contributed by atoms with Crippen molar-refractivity contribution in [1.82, 2.24) is 0 Å². The van der Waals surface area contributed by atoms with Crippen molar-refractivity contribution in [2.24, 2.45) is 17.3 Å². The molecule has 5 unspecified atom stereocenters. The van der Waals surface area contributed by atoms with E-state index < -0.39 is 11.5 Å². The minimum atomic E-state index is -1.14. The summed E-state index contributed by atoms with van der Waals surface area (Å²) in [6, 6.07) is 6.29. The molecule has 0 amide bonds. The summed E-state index contributed by atoms with van der Waals surface area (Å²) in [4.78, 5) is 13.6. The molecule has 2 aromatic rings. The number of aldehydes is 1. The molecule has 0 radical (unpaired) electrons. The fraction of sp³-hybridized carbons (Fsp3) is 0.452. The van der Waals surface area contributed by atoms with Crippen molar-refractivity contribution in [3.8, 4) is 23.0 Å². The summed E-state index contributed by atoms with van der Waals surface area (Å²) in [5, 5.41) is 55.4. The average molecular weight is 653 g/mol. The van der Waals surface area contributed by atoms with Crippen LogP contribution in [0.5, 0.6) is 23.0 Å². The molecule has 0 saturated heterocycles. The topological polar surface area (TPSA) is 118 Å².